The minimum atomic E-state index is -0.540. The summed E-state index contributed by atoms with van der Waals surface area (Å²) in [5, 5.41) is 3.44. The molecule has 3 saturated heterocycles. The van der Waals surface area contributed by atoms with Crippen molar-refractivity contribution in [2.24, 2.45) is 0 Å². The molecule has 6 rings (SSSR count). The lowest BCUT2D eigenvalue weighted by Crippen LogP contribution is -2.38. The minimum absolute atomic E-state index is 0.0840. The summed E-state index contributed by atoms with van der Waals surface area (Å²) in [6.45, 7) is 7.60. The maximum atomic E-state index is 14.2. The number of hydrogen-bond acceptors (Lipinski definition) is 5. The SMILES string of the molecule is CC(C)NC(=O)Cn1c(-c2cc(F)cc(Cl)c2)nc2ccc(N3CCN4CCC3CC4)cc2c1=O. The van der Waals surface area contributed by atoms with Crippen molar-refractivity contribution in [1.29, 1.82) is 0 Å². The van der Waals surface area contributed by atoms with Crippen LogP contribution >= 0.6 is 11.6 Å². The second kappa shape index (κ2) is 9.59. The van der Waals surface area contributed by atoms with E-state index in [0.29, 0.717) is 22.5 Å². The molecule has 2 bridgehead atoms. The molecule has 1 amide bonds. The Kier molecular flexibility index (Phi) is 6.51. The van der Waals surface area contributed by atoms with Gasteiger partial charge in [0.15, 0.2) is 0 Å². The number of carbonyl (C=O) groups is 1. The lowest BCUT2D eigenvalue weighted by Gasteiger charge is -2.33. The number of carbonyl (C=O) groups excluding carboxylic acids is 1. The predicted molar refractivity (Wildman–Crippen MR) is 136 cm³/mol. The van der Waals surface area contributed by atoms with Crippen LogP contribution < -0.4 is 15.8 Å². The lowest BCUT2D eigenvalue weighted by molar-refractivity contribution is -0.122. The van der Waals surface area contributed by atoms with Gasteiger partial charge < -0.3 is 15.1 Å². The number of amides is 1. The summed E-state index contributed by atoms with van der Waals surface area (Å²) in [6, 6.07) is 10.1. The van der Waals surface area contributed by atoms with E-state index in [-0.39, 0.29) is 34.9 Å². The Bertz CT molecular complexity index is 1310. The zero-order valence-corrected chi connectivity index (χ0v) is 20.7. The van der Waals surface area contributed by atoms with E-state index >= 15 is 0 Å². The molecule has 9 heteroatoms. The molecule has 0 spiro atoms. The van der Waals surface area contributed by atoms with E-state index in [1.165, 1.54) is 16.7 Å². The topological polar surface area (TPSA) is 70.5 Å². The fraction of sp³-hybridized carbons (Fsp3) is 0.423. The van der Waals surface area contributed by atoms with Gasteiger partial charge in [0.05, 0.1) is 10.9 Å². The van der Waals surface area contributed by atoms with E-state index in [0.717, 1.165) is 44.7 Å². The zero-order valence-electron chi connectivity index (χ0n) is 19.9. The van der Waals surface area contributed by atoms with Gasteiger partial charge >= 0.3 is 0 Å². The monoisotopic (exact) mass is 497 g/mol. The molecular formula is C26H29ClFN5O2. The first-order valence-corrected chi connectivity index (χ1v) is 12.5. The van der Waals surface area contributed by atoms with Crippen molar-refractivity contribution in [2.45, 2.75) is 45.3 Å². The van der Waals surface area contributed by atoms with Gasteiger partial charge in [0.2, 0.25) is 5.91 Å². The Morgan fingerprint density at radius 1 is 1.14 bits per heavy atom. The number of aromatic nitrogens is 2. The number of fused-ring (bicyclic) bond motifs is 5. The van der Waals surface area contributed by atoms with Crippen molar-refractivity contribution < 1.29 is 9.18 Å². The Morgan fingerprint density at radius 2 is 1.91 bits per heavy atom. The van der Waals surface area contributed by atoms with Crippen LogP contribution in [0.15, 0.2) is 41.2 Å². The molecule has 3 aromatic rings. The van der Waals surface area contributed by atoms with Crippen molar-refractivity contribution in [1.82, 2.24) is 19.8 Å². The normalized spacial score (nSPS) is 19.9. The van der Waals surface area contributed by atoms with Gasteiger partial charge in [-0.25, -0.2) is 9.37 Å². The number of anilines is 1. The summed E-state index contributed by atoms with van der Waals surface area (Å²) in [5.74, 6) is -0.652. The zero-order chi connectivity index (χ0) is 24.7. The average molecular weight is 498 g/mol. The molecule has 184 valence electrons. The third-order valence-corrected chi connectivity index (χ3v) is 7.01. The summed E-state index contributed by atoms with van der Waals surface area (Å²) < 4.78 is 15.5. The van der Waals surface area contributed by atoms with Crippen molar-refractivity contribution >= 4 is 34.1 Å². The highest BCUT2D eigenvalue weighted by Crippen LogP contribution is 2.29. The number of nitrogens with one attached hydrogen (secondary N) is 1. The molecule has 1 N–H and O–H groups in total. The quantitative estimate of drug-likeness (QED) is 0.582. The predicted octanol–water partition coefficient (Wildman–Crippen LogP) is 3.67. The average Bonchev–Trinajstić information content (AvgIpc) is 3.13. The molecule has 2 aromatic carbocycles. The first kappa shape index (κ1) is 23.8. The second-order valence-electron chi connectivity index (χ2n) is 9.67. The number of piperidine rings is 1. The van der Waals surface area contributed by atoms with Crippen LogP contribution in [0.1, 0.15) is 26.7 Å². The standard InChI is InChI=1S/C26H29ClFN5O2/c1-16(2)29-24(34)15-33-25(17-11-18(27)13-19(28)12-17)30-23-4-3-21(14-22(23)26(33)35)32-10-9-31-7-5-20(32)6-8-31/h3-4,11-14,16,20H,5-10,15H2,1-2H3,(H,29,34). The van der Waals surface area contributed by atoms with Crippen molar-refractivity contribution in [2.75, 3.05) is 31.1 Å². The fourth-order valence-electron chi connectivity index (χ4n) is 5.17. The highest BCUT2D eigenvalue weighted by atomic mass is 35.5. The van der Waals surface area contributed by atoms with Gasteiger partial charge in [-0.15, -0.1) is 0 Å². The molecule has 1 aromatic heterocycles. The van der Waals surface area contributed by atoms with Crippen LogP contribution in [0.4, 0.5) is 10.1 Å². The summed E-state index contributed by atoms with van der Waals surface area (Å²) in [4.78, 5) is 36.0. The molecule has 4 heterocycles. The van der Waals surface area contributed by atoms with E-state index in [2.05, 4.69) is 15.1 Å². The van der Waals surface area contributed by atoms with Gasteiger partial charge in [0.1, 0.15) is 18.2 Å². The molecular weight excluding hydrogens is 469 g/mol. The van der Waals surface area contributed by atoms with Gasteiger partial charge in [-0.05, 0) is 63.1 Å². The van der Waals surface area contributed by atoms with Crippen LogP contribution in [-0.4, -0.2) is 58.6 Å². The Hall–Kier alpha value is -2.97. The number of halogens is 2. The van der Waals surface area contributed by atoms with E-state index in [9.17, 15) is 14.0 Å². The first-order chi connectivity index (χ1) is 16.8. The molecule has 0 aliphatic carbocycles. The maximum absolute atomic E-state index is 14.2. The molecule has 3 aliphatic rings. The van der Waals surface area contributed by atoms with Crippen LogP contribution in [0.3, 0.4) is 0 Å². The highest BCUT2D eigenvalue weighted by Gasteiger charge is 2.29. The van der Waals surface area contributed by atoms with Gasteiger partial charge in [-0.2, -0.15) is 0 Å². The second-order valence-corrected chi connectivity index (χ2v) is 10.1. The number of benzene rings is 2. The van der Waals surface area contributed by atoms with Crippen LogP contribution in [0.2, 0.25) is 5.02 Å². The van der Waals surface area contributed by atoms with E-state index in [1.807, 2.05) is 32.0 Å². The molecule has 0 saturated carbocycles. The fourth-order valence-corrected chi connectivity index (χ4v) is 5.40. The Balaban J connectivity index is 1.63. The summed E-state index contributed by atoms with van der Waals surface area (Å²) in [5.41, 5.74) is 1.49. The summed E-state index contributed by atoms with van der Waals surface area (Å²) in [6.07, 6.45) is 2.21. The van der Waals surface area contributed by atoms with Crippen LogP contribution in [0, 0.1) is 5.82 Å². The highest BCUT2D eigenvalue weighted by molar-refractivity contribution is 6.30. The third-order valence-electron chi connectivity index (χ3n) is 6.80. The maximum Gasteiger partial charge on any atom is 0.262 e. The number of nitrogens with zero attached hydrogens (tertiary/aromatic N) is 4. The smallest absolute Gasteiger partial charge is 0.262 e. The van der Waals surface area contributed by atoms with E-state index < -0.39 is 5.82 Å². The molecule has 7 nitrogen and oxygen atoms in total. The van der Waals surface area contributed by atoms with Crippen LogP contribution in [0.5, 0.6) is 0 Å². The van der Waals surface area contributed by atoms with Gasteiger partial charge in [-0.1, -0.05) is 11.6 Å². The molecule has 35 heavy (non-hydrogen) atoms. The van der Waals surface area contributed by atoms with Gasteiger partial charge in [-0.3, -0.25) is 14.2 Å². The van der Waals surface area contributed by atoms with E-state index in [1.54, 1.807) is 6.07 Å². The minimum Gasteiger partial charge on any atom is -0.367 e. The molecule has 0 atom stereocenters. The van der Waals surface area contributed by atoms with Crippen molar-refractivity contribution in [3.63, 3.8) is 0 Å². The number of rotatable bonds is 5. The Labute approximate surface area is 208 Å². The van der Waals surface area contributed by atoms with Crippen molar-refractivity contribution in [3.05, 3.63) is 57.6 Å². The molecule has 3 aliphatic heterocycles. The summed E-state index contributed by atoms with van der Waals surface area (Å²) in [7, 11) is 0. The third kappa shape index (κ3) is 4.90. The van der Waals surface area contributed by atoms with Crippen LogP contribution in [-0.2, 0) is 11.3 Å². The number of hydrogen-bond donors (Lipinski definition) is 1. The molecule has 0 radical (unpaired) electrons. The summed E-state index contributed by atoms with van der Waals surface area (Å²) >= 11 is 6.09. The van der Waals surface area contributed by atoms with Gasteiger partial charge in [0, 0.05) is 54.5 Å². The largest absolute Gasteiger partial charge is 0.367 e. The first-order valence-electron chi connectivity index (χ1n) is 12.1. The lowest BCUT2D eigenvalue weighted by atomic mass is 10.0. The molecule has 0 unspecified atom stereocenters. The Morgan fingerprint density at radius 3 is 2.63 bits per heavy atom. The van der Waals surface area contributed by atoms with Gasteiger partial charge in [0.25, 0.3) is 5.56 Å². The van der Waals surface area contributed by atoms with Crippen molar-refractivity contribution in [3.8, 4) is 11.4 Å². The van der Waals surface area contributed by atoms with E-state index in [4.69, 9.17) is 16.6 Å². The van der Waals surface area contributed by atoms with Crippen LogP contribution in [0.25, 0.3) is 22.3 Å². The molecule has 3 fully saturated rings.